The van der Waals surface area contributed by atoms with Crippen LogP contribution in [0.3, 0.4) is 0 Å². The van der Waals surface area contributed by atoms with Gasteiger partial charge in [-0.05, 0) is 12.1 Å². The molecule has 21 heavy (non-hydrogen) atoms. The van der Waals surface area contributed by atoms with Gasteiger partial charge in [0.2, 0.25) is 0 Å². The average molecular weight is 317 g/mol. The normalized spacial score (nSPS) is 10.5. The van der Waals surface area contributed by atoms with Crippen LogP contribution in [0.1, 0.15) is 10.6 Å². The number of imidazole rings is 1. The first-order chi connectivity index (χ1) is 9.70. The number of H-pyrrole nitrogens is 1. The number of amides is 1. The summed E-state index contributed by atoms with van der Waals surface area (Å²) in [7, 11) is -3.67. The number of benzene rings is 1. The molecule has 10 heteroatoms. The lowest BCUT2D eigenvalue weighted by molar-refractivity contribution is 0.0696. The van der Waals surface area contributed by atoms with E-state index in [1.54, 1.807) is 12.1 Å². The standard InChI is InChI=1S/C10H8FN3O2.CH4O3S/c11-7-3-1-2-6(4-7)8-5-12-9(13-8)10(15)14-16;1-5(2,3)4/h1-5,16H,(H,12,13)(H,14,15);1H3,(H,2,3,4). The zero-order chi connectivity index (χ0) is 16.0. The van der Waals surface area contributed by atoms with Crippen LogP contribution in [0.2, 0.25) is 0 Å². The predicted molar refractivity (Wildman–Crippen MR) is 70.7 cm³/mol. The third-order valence-electron chi connectivity index (χ3n) is 2.03. The summed E-state index contributed by atoms with van der Waals surface area (Å²) in [4.78, 5) is 17.4. The van der Waals surface area contributed by atoms with Crippen LogP contribution in [-0.2, 0) is 10.1 Å². The van der Waals surface area contributed by atoms with Crippen molar-refractivity contribution in [3.63, 3.8) is 0 Å². The van der Waals surface area contributed by atoms with Crippen LogP contribution in [0.15, 0.2) is 30.5 Å². The monoisotopic (exact) mass is 317 g/mol. The molecule has 2 rings (SSSR count). The van der Waals surface area contributed by atoms with E-state index < -0.39 is 16.0 Å². The predicted octanol–water partition coefficient (Wildman–Crippen LogP) is 0.839. The molecule has 1 heterocycles. The highest BCUT2D eigenvalue weighted by atomic mass is 32.2. The minimum absolute atomic E-state index is 0.0400. The molecule has 0 radical (unpaired) electrons. The number of hydrogen-bond donors (Lipinski definition) is 4. The van der Waals surface area contributed by atoms with Gasteiger partial charge < -0.3 is 4.98 Å². The molecule has 2 aromatic rings. The van der Waals surface area contributed by atoms with E-state index in [9.17, 15) is 17.6 Å². The Kier molecular flexibility index (Phi) is 5.52. The number of nitrogens with one attached hydrogen (secondary N) is 2. The summed E-state index contributed by atoms with van der Waals surface area (Å²) < 4.78 is 38.8. The number of nitrogens with zero attached hydrogens (tertiary/aromatic N) is 1. The first-order valence-corrected chi connectivity index (χ1v) is 7.23. The maximum atomic E-state index is 12.9. The molecule has 0 atom stereocenters. The fourth-order valence-corrected chi connectivity index (χ4v) is 1.29. The maximum absolute atomic E-state index is 12.9. The number of carbonyl (C=O) groups is 1. The van der Waals surface area contributed by atoms with Crippen molar-refractivity contribution in [3.8, 4) is 11.3 Å². The minimum Gasteiger partial charge on any atom is -0.334 e. The van der Waals surface area contributed by atoms with Gasteiger partial charge in [0.25, 0.3) is 10.1 Å². The Balaban J connectivity index is 0.000000383. The van der Waals surface area contributed by atoms with E-state index in [4.69, 9.17) is 9.76 Å². The van der Waals surface area contributed by atoms with E-state index in [1.165, 1.54) is 23.8 Å². The van der Waals surface area contributed by atoms with E-state index in [1.807, 2.05) is 0 Å². The molecule has 1 amide bonds. The SMILES string of the molecule is CS(=O)(=O)O.O=C(NO)c1ncc(-c2cccc(F)c2)[nH]1. The molecule has 0 saturated heterocycles. The smallest absolute Gasteiger partial charge is 0.310 e. The third kappa shape index (κ3) is 6.12. The molecular formula is C11H12FN3O5S. The summed E-state index contributed by atoms with van der Waals surface area (Å²) in [5.74, 6) is -1.16. The van der Waals surface area contributed by atoms with Crippen molar-refractivity contribution in [3.05, 3.63) is 42.1 Å². The molecule has 1 aromatic carbocycles. The second-order valence-corrected chi connectivity index (χ2v) is 5.30. The van der Waals surface area contributed by atoms with Crippen LogP contribution < -0.4 is 5.48 Å². The van der Waals surface area contributed by atoms with Gasteiger partial charge in [0.1, 0.15) is 5.82 Å². The van der Waals surface area contributed by atoms with E-state index >= 15 is 0 Å². The third-order valence-corrected chi connectivity index (χ3v) is 2.03. The van der Waals surface area contributed by atoms with E-state index in [2.05, 4.69) is 9.97 Å². The number of carbonyl (C=O) groups excluding carboxylic acids is 1. The summed E-state index contributed by atoms with van der Waals surface area (Å²) in [6.45, 7) is 0. The Hall–Kier alpha value is -2.30. The van der Waals surface area contributed by atoms with E-state index in [0.29, 0.717) is 17.5 Å². The zero-order valence-electron chi connectivity index (χ0n) is 10.7. The molecule has 8 nitrogen and oxygen atoms in total. The highest BCUT2D eigenvalue weighted by molar-refractivity contribution is 7.85. The maximum Gasteiger partial charge on any atom is 0.310 e. The number of aromatic amines is 1. The Bertz CT molecular complexity index is 721. The molecule has 114 valence electrons. The fraction of sp³-hybridized carbons (Fsp3) is 0.0909. The van der Waals surface area contributed by atoms with Crippen molar-refractivity contribution in [2.45, 2.75) is 0 Å². The van der Waals surface area contributed by atoms with Crippen LogP contribution in [0.5, 0.6) is 0 Å². The number of aromatic nitrogens is 2. The highest BCUT2D eigenvalue weighted by Gasteiger charge is 2.10. The topological polar surface area (TPSA) is 132 Å². The van der Waals surface area contributed by atoms with Crippen LogP contribution in [0, 0.1) is 5.82 Å². The Morgan fingerprint density at radius 1 is 1.43 bits per heavy atom. The van der Waals surface area contributed by atoms with Crippen LogP contribution in [0.4, 0.5) is 4.39 Å². The molecule has 0 spiro atoms. The summed E-state index contributed by atoms with van der Waals surface area (Å²) in [5, 5.41) is 8.39. The number of hydroxylamine groups is 1. The highest BCUT2D eigenvalue weighted by Crippen LogP contribution is 2.17. The molecule has 0 unspecified atom stereocenters. The zero-order valence-corrected chi connectivity index (χ0v) is 11.6. The number of hydrogen-bond acceptors (Lipinski definition) is 5. The van der Waals surface area contributed by atoms with Gasteiger partial charge in [-0.15, -0.1) is 0 Å². The van der Waals surface area contributed by atoms with Gasteiger partial charge in [-0.25, -0.2) is 14.9 Å². The molecule has 0 aliphatic rings. The molecule has 0 aliphatic carbocycles. The molecule has 1 aromatic heterocycles. The summed E-state index contributed by atoms with van der Waals surface area (Å²) in [6.07, 6.45) is 2.10. The van der Waals surface area contributed by atoms with Gasteiger partial charge in [-0.2, -0.15) is 8.42 Å². The number of rotatable bonds is 2. The lowest BCUT2D eigenvalue weighted by atomic mass is 10.2. The lowest BCUT2D eigenvalue weighted by Gasteiger charge is -1.97. The van der Waals surface area contributed by atoms with Crippen molar-refractivity contribution >= 4 is 16.0 Å². The van der Waals surface area contributed by atoms with Gasteiger partial charge in [0.15, 0.2) is 5.82 Å². The molecule has 0 fully saturated rings. The summed E-state index contributed by atoms with van der Waals surface area (Å²) in [6, 6.07) is 5.86. The molecule has 0 aliphatic heterocycles. The average Bonchev–Trinajstić information content (AvgIpc) is 2.85. The quantitative estimate of drug-likeness (QED) is 0.368. The summed E-state index contributed by atoms with van der Waals surface area (Å²) in [5.41, 5.74) is 2.52. The Morgan fingerprint density at radius 2 is 2.05 bits per heavy atom. The van der Waals surface area contributed by atoms with E-state index in [0.717, 1.165) is 0 Å². The molecule has 4 N–H and O–H groups in total. The largest absolute Gasteiger partial charge is 0.334 e. The van der Waals surface area contributed by atoms with Crippen molar-refractivity contribution in [1.82, 2.24) is 15.4 Å². The lowest BCUT2D eigenvalue weighted by Crippen LogP contribution is -2.19. The van der Waals surface area contributed by atoms with Crippen LogP contribution in [-0.4, -0.2) is 40.3 Å². The van der Waals surface area contributed by atoms with Gasteiger partial charge in [0.05, 0.1) is 18.1 Å². The minimum atomic E-state index is -3.67. The fourth-order valence-electron chi connectivity index (χ4n) is 1.29. The molecular weight excluding hydrogens is 305 g/mol. The van der Waals surface area contributed by atoms with Gasteiger partial charge >= 0.3 is 5.91 Å². The van der Waals surface area contributed by atoms with Crippen LogP contribution in [0.25, 0.3) is 11.3 Å². The first kappa shape index (κ1) is 16.8. The van der Waals surface area contributed by atoms with Crippen molar-refractivity contribution in [2.75, 3.05) is 6.26 Å². The van der Waals surface area contributed by atoms with Crippen molar-refractivity contribution < 1.29 is 27.4 Å². The van der Waals surface area contributed by atoms with E-state index in [-0.39, 0.29) is 11.6 Å². The summed E-state index contributed by atoms with van der Waals surface area (Å²) >= 11 is 0. The number of halogens is 1. The Morgan fingerprint density at radius 3 is 2.57 bits per heavy atom. The second-order valence-electron chi connectivity index (χ2n) is 3.83. The van der Waals surface area contributed by atoms with Gasteiger partial charge in [-0.1, -0.05) is 12.1 Å². The second kappa shape index (κ2) is 6.92. The van der Waals surface area contributed by atoms with Crippen molar-refractivity contribution in [1.29, 1.82) is 0 Å². The van der Waals surface area contributed by atoms with Crippen LogP contribution >= 0.6 is 0 Å². The molecule has 0 saturated carbocycles. The Labute approximate surface area is 119 Å². The molecule has 0 bridgehead atoms. The first-order valence-electron chi connectivity index (χ1n) is 5.38. The van der Waals surface area contributed by atoms with Gasteiger partial charge in [0, 0.05) is 5.56 Å². The van der Waals surface area contributed by atoms with Gasteiger partial charge in [-0.3, -0.25) is 14.6 Å². The van der Waals surface area contributed by atoms with Crippen molar-refractivity contribution in [2.24, 2.45) is 0 Å².